The highest BCUT2D eigenvalue weighted by Crippen LogP contribution is 2.47. The molecule has 3 nitrogen and oxygen atoms in total. The molecule has 2 aliphatic rings. The molecule has 1 saturated carbocycles. The van der Waals surface area contributed by atoms with Crippen molar-refractivity contribution in [2.24, 2.45) is 5.41 Å². The Balaban J connectivity index is 2.04. The van der Waals surface area contributed by atoms with Crippen LogP contribution in [0.3, 0.4) is 0 Å². The largest absolute Gasteiger partial charge is 0.449 e. The third-order valence-electron chi connectivity index (χ3n) is 3.88. The van der Waals surface area contributed by atoms with Crippen molar-refractivity contribution in [3.8, 4) is 0 Å². The van der Waals surface area contributed by atoms with Gasteiger partial charge in [0.15, 0.2) is 0 Å². The number of halogens is 3. The molecule has 1 aliphatic heterocycles. The molecule has 1 aromatic rings. The minimum absolute atomic E-state index is 0.0410. The van der Waals surface area contributed by atoms with Crippen molar-refractivity contribution in [1.82, 2.24) is 14.9 Å². The van der Waals surface area contributed by atoms with Gasteiger partial charge in [-0.3, -0.25) is 0 Å². The summed E-state index contributed by atoms with van der Waals surface area (Å²) < 4.78 is 40.5. The molecule has 0 saturated heterocycles. The van der Waals surface area contributed by atoms with Crippen LogP contribution in [0.2, 0.25) is 0 Å². The molecule has 0 bridgehead atoms. The average Bonchev–Trinajstić information content (AvgIpc) is 2.88. The van der Waals surface area contributed by atoms with Crippen molar-refractivity contribution in [3.63, 3.8) is 0 Å². The molecule has 3 rings (SSSR count). The lowest BCUT2D eigenvalue weighted by Crippen LogP contribution is -2.26. The fraction of sp³-hybridized carbons (Fsp3) is 0.750. The highest BCUT2D eigenvalue weighted by molar-refractivity contribution is 5.22. The first-order chi connectivity index (χ1) is 8.39. The topological polar surface area (TPSA) is 29.9 Å². The molecule has 0 amide bonds. The average molecular weight is 259 g/mol. The Morgan fingerprint density at radius 1 is 1.39 bits per heavy atom. The molecule has 0 unspecified atom stereocenters. The maximum atomic E-state index is 13.0. The Morgan fingerprint density at radius 2 is 2.11 bits per heavy atom. The summed E-state index contributed by atoms with van der Waals surface area (Å²) in [4.78, 5) is 3.81. The SMILES string of the molecule is CC1(Cn2c(C(F)(F)F)nc3c2CCNC3)CC1. The summed E-state index contributed by atoms with van der Waals surface area (Å²) in [7, 11) is 0. The van der Waals surface area contributed by atoms with Gasteiger partial charge >= 0.3 is 6.18 Å². The maximum absolute atomic E-state index is 13.0. The van der Waals surface area contributed by atoms with Crippen LogP contribution in [0, 0.1) is 5.41 Å². The van der Waals surface area contributed by atoms with E-state index >= 15 is 0 Å². The lowest BCUT2D eigenvalue weighted by molar-refractivity contribution is -0.147. The number of nitrogens with zero attached hydrogens (tertiary/aromatic N) is 2. The van der Waals surface area contributed by atoms with E-state index in [9.17, 15) is 13.2 Å². The zero-order valence-corrected chi connectivity index (χ0v) is 10.3. The number of imidazole rings is 1. The molecule has 0 atom stereocenters. The number of nitrogens with one attached hydrogen (secondary N) is 1. The van der Waals surface area contributed by atoms with Gasteiger partial charge in [-0.15, -0.1) is 0 Å². The van der Waals surface area contributed by atoms with Crippen molar-refractivity contribution in [3.05, 3.63) is 17.2 Å². The summed E-state index contributed by atoms with van der Waals surface area (Å²) in [5.74, 6) is -0.718. The predicted molar refractivity (Wildman–Crippen MR) is 60.0 cm³/mol. The highest BCUT2D eigenvalue weighted by atomic mass is 19.4. The van der Waals surface area contributed by atoms with Gasteiger partial charge in [-0.1, -0.05) is 6.92 Å². The zero-order chi connectivity index (χ0) is 13.0. The summed E-state index contributed by atoms with van der Waals surface area (Å²) in [6.45, 7) is 3.67. The minimum atomic E-state index is -4.36. The number of aromatic nitrogens is 2. The minimum Gasteiger partial charge on any atom is -0.324 e. The fourth-order valence-corrected chi connectivity index (χ4v) is 2.51. The smallest absolute Gasteiger partial charge is 0.324 e. The van der Waals surface area contributed by atoms with Crippen LogP contribution in [0.25, 0.3) is 0 Å². The first-order valence-corrected chi connectivity index (χ1v) is 6.25. The quantitative estimate of drug-likeness (QED) is 0.883. The van der Waals surface area contributed by atoms with Crippen LogP contribution in [0.15, 0.2) is 0 Å². The van der Waals surface area contributed by atoms with Crippen LogP contribution in [0.5, 0.6) is 0 Å². The molecule has 18 heavy (non-hydrogen) atoms. The van der Waals surface area contributed by atoms with Gasteiger partial charge in [0.1, 0.15) is 0 Å². The van der Waals surface area contributed by atoms with E-state index in [1.54, 1.807) is 0 Å². The number of rotatable bonds is 2. The Bertz CT molecular complexity index is 472. The number of fused-ring (bicyclic) bond motifs is 1. The zero-order valence-electron chi connectivity index (χ0n) is 10.3. The lowest BCUT2D eigenvalue weighted by atomic mass is 10.1. The molecule has 100 valence electrons. The molecule has 6 heteroatoms. The Labute approximate surface area is 103 Å². The molecule has 0 radical (unpaired) electrons. The number of hydrogen-bond donors (Lipinski definition) is 1. The van der Waals surface area contributed by atoms with Crippen molar-refractivity contribution in [2.75, 3.05) is 6.54 Å². The molecule has 1 aliphatic carbocycles. The first-order valence-electron chi connectivity index (χ1n) is 6.25. The van der Waals surface area contributed by atoms with E-state index < -0.39 is 12.0 Å². The van der Waals surface area contributed by atoms with Crippen LogP contribution in [0.1, 0.15) is 37.0 Å². The molecule has 1 aromatic heterocycles. The van der Waals surface area contributed by atoms with Gasteiger partial charge in [0, 0.05) is 31.7 Å². The molecule has 1 fully saturated rings. The van der Waals surface area contributed by atoms with E-state index in [-0.39, 0.29) is 5.41 Å². The van der Waals surface area contributed by atoms with Crippen molar-refractivity contribution < 1.29 is 13.2 Å². The number of alkyl halides is 3. The van der Waals surface area contributed by atoms with Crippen LogP contribution < -0.4 is 5.32 Å². The van der Waals surface area contributed by atoms with Crippen LogP contribution >= 0.6 is 0 Å². The number of hydrogen-bond acceptors (Lipinski definition) is 2. The van der Waals surface area contributed by atoms with Crippen LogP contribution in [-0.2, 0) is 25.7 Å². The van der Waals surface area contributed by atoms with Gasteiger partial charge in [0.05, 0.1) is 5.69 Å². The van der Waals surface area contributed by atoms with Crippen molar-refractivity contribution >= 4 is 0 Å². The van der Waals surface area contributed by atoms with Gasteiger partial charge in [0.25, 0.3) is 0 Å². The van der Waals surface area contributed by atoms with Crippen molar-refractivity contribution in [2.45, 2.75) is 45.5 Å². The summed E-state index contributed by atoms with van der Waals surface area (Å²) in [6.07, 6.45) is -1.71. The maximum Gasteiger partial charge on any atom is 0.449 e. The Morgan fingerprint density at radius 3 is 2.72 bits per heavy atom. The van der Waals surface area contributed by atoms with E-state index in [0.29, 0.717) is 25.2 Å². The summed E-state index contributed by atoms with van der Waals surface area (Å²) in [6, 6.07) is 0. The summed E-state index contributed by atoms with van der Waals surface area (Å²) in [5.41, 5.74) is 1.38. The fourth-order valence-electron chi connectivity index (χ4n) is 2.51. The first kappa shape index (κ1) is 12.0. The second-order valence-corrected chi connectivity index (χ2v) is 5.65. The van der Waals surface area contributed by atoms with Crippen LogP contribution in [0.4, 0.5) is 13.2 Å². The van der Waals surface area contributed by atoms with E-state index in [2.05, 4.69) is 10.3 Å². The van der Waals surface area contributed by atoms with E-state index in [1.807, 2.05) is 6.92 Å². The molecular formula is C12H16F3N3. The monoisotopic (exact) mass is 259 g/mol. The van der Waals surface area contributed by atoms with E-state index in [4.69, 9.17) is 0 Å². The predicted octanol–water partition coefficient (Wildman–Crippen LogP) is 2.35. The Kier molecular flexibility index (Phi) is 2.49. The third kappa shape index (κ3) is 2.02. The highest BCUT2D eigenvalue weighted by Gasteiger charge is 2.44. The molecule has 2 heterocycles. The van der Waals surface area contributed by atoms with Gasteiger partial charge in [-0.05, 0) is 18.3 Å². The van der Waals surface area contributed by atoms with Gasteiger partial charge < -0.3 is 9.88 Å². The van der Waals surface area contributed by atoms with Gasteiger partial charge in [-0.2, -0.15) is 13.2 Å². The second-order valence-electron chi connectivity index (χ2n) is 5.65. The van der Waals surface area contributed by atoms with E-state index in [1.165, 1.54) is 4.57 Å². The van der Waals surface area contributed by atoms with Gasteiger partial charge in [-0.25, -0.2) is 4.98 Å². The lowest BCUT2D eigenvalue weighted by Gasteiger charge is -2.19. The third-order valence-corrected chi connectivity index (χ3v) is 3.88. The Hall–Kier alpha value is -1.04. The molecular weight excluding hydrogens is 243 g/mol. The van der Waals surface area contributed by atoms with Gasteiger partial charge in [0.2, 0.25) is 5.82 Å². The molecule has 0 aromatic carbocycles. The normalized spacial score (nSPS) is 21.8. The second kappa shape index (κ2) is 3.73. The standard InChI is InChI=1S/C12H16F3N3/c1-11(3-4-11)7-18-9-2-5-16-6-8(9)17-10(18)12(13,14)15/h16H,2-7H2,1H3. The molecule has 1 N–H and O–H groups in total. The summed E-state index contributed by atoms with van der Waals surface area (Å²) in [5, 5.41) is 3.07. The summed E-state index contributed by atoms with van der Waals surface area (Å²) >= 11 is 0. The van der Waals surface area contributed by atoms with Crippen molar-refractivity contribution in [1.29, 1.82) is 0 Å². The molecule has 0 spiro atoms. The van der Waals surface area contributed by atoms with E-state index in [0.717, 1.165) is 25.1 Å². The van der Waals surface area contributed by atoms with Crippen LogP contribution in [-0.4, -0.2) is 16.1 Å².